The molecule has 0 spiro atoms. The van der Waals surface area contributed by atoms with Crippen LogP contribution in [-0.2, 0) is 12.2 Å². The molecule has 0 aliphatic rings. The predicted octanol–water partition coefficient (Wildman–Crippen LogP) is 4.71. The van der Waals surface area contributed by atoms with Crippen molar-refractivity contribution < 1.29 is 13.2 Å². The van der Waals surface area contributed by atoms with Crippen LogP contribution in [0.15, 0.2) is 58.3 Å². The molecule has 0 fully saturated rings. The fourth-order valence-electron chi connectivity index (χ4n) is 2.59. The van der Waals surface area contributed by atoms with Crippen molar-refractivity contribution in [2.75, 3.05) is 0 Å². The molecule has 0 unspecified atom stereocenters. The Morgan fingerprint density at radius 1 is 1.04 bits per heavy atom. The van der Waals surface area contributed by atoms with Crippen molar-refractivity contribution in [3.63, 3.8) is 0 Å². The van der Waals surface area contributed by atoms with Gasteiger partial charge in [0, 0.05) is 28.9 Å². The molecule has 2 aromatic heterocycles. The normalized spacial score (nSPS) is 11.3. The van der Waals surface area contributed by atoms with Gasteiger partial charge in [0.1, 0.15) is 11.6 Å². The van der Waals surface area contributed by atoms with Gasteiger partial charge in [-0.3, -0.25) is 0 Å². The Hall–Kier alpha value is -2.67. The van der Waals surface area contributed by atoms with E-state index in [1.54, 1.807) is 0 Å². The van der Waals surface area contributed by atoms with Crippen LogP contribution in [0.5, 0.6) is 0 Å². The van der Waals surface area contributed by atoms with Crippen LogP contribution in [0.4, 0.5) is 8.78 Å². The fraction of sp³-hybridized carbons (Fsp3) is 0.111. The number of nitrogens with one attached hydrogen (secondary N) is 1. The number of H-pyrrole nitrogens is 1. The summed E-state index contributed by atoms with van der Waals surface area (Å²) in [4.78, 5) is 3.21. The van der Waals surface area contributed by atoms with Crippen LogP contribution in [0.2, 0.25) is 0 Å². The van der Waals surface area contributed by atoms with Gasteiger partial charge in [-0.25, -0.2) is 8.78 Å². The molecule has 0 atom stereocenters. The topological polar surface area (TPSA) is 54.7 Å². The molecule has 2 aromatic carbocycles. The lowest BCUT2D eigenvalue weighted by Gasteiger charge is -2.00. The average molecular weight is 357 g/mol. The van der Waals surface area contributed by atoms with Crippen LogP contribution in [0.3, 0.4) is 0 Å². The number of rotatable bonds is 5. The van der Waals surface area contributed by atoms with Gasteiger partial charge in [-0.1, -0.05) is 36.0 Å². The first kappa shape index (κ1) is 15.8. The second-order valence-corrected chi connectivity index (χ2v) is 6.45. The van der Waals surface area contributed by atoms with Gasteiger partial charge in [0.05, 0.1) is 6.42 Å². The summed E-state index contributed by atoms with van der Waals surface area (Å²) in [5.41, 5.74) is 2.52. The van der Waals surface area contributed by atoms with E-state index in [1.165, 1.54) is 23.9 Å². The quantitative estimate of drug-likeness (QED) is 0.526. The maximum absolute atomic E-state index is 13.6. The molecule has 0 saturated heterocycles. The highest BCUT2D eigenvalue weighted by molar-refractivity contribution is 7.98. The van der Waals surface area contributed by atoms with E-state index >= 15 is 0 Å². The Balaban J connectivity index is 1.45. The van der Waals surface area contributed by atoms with E-state index in [9.17, 15) is 8.78 Å². The van der Waals surface area contributed by atoms with E-state index in [0.29, 0.717) is 28.9 Å². The Labute approximate surface area is 146 Å². The first-order chi connectivity index (χ1) is 12.2. The molecule has 0 aliphatic carbocycles. The van der Waals surface area contributed by atoms with Crippen molar-refractivity contribution in [3.8, 4) is 0 Å². The van der Waals surface area contributed by atoms with Gasteiger partial charge in [-0.15, -0.1) is 10.2 Å². The highest BCUT2D eigenvalue weighted by atomic mass is 32.2. The predicted molar refractivity (Wildman–Crippen MR) is 91.3 cm³/mol. The second kappa shape index (κ2) is 6.68. The number of hydrogen-bond acceptors (Lipinski definition) is 4. The van der Waals surface area contributed by atoms with Crippen molar-refractivity contribution in [1.82, 2.24) is 15.2 Å². The lowest BCUT2D eigenvalue weighted by molar-refractivity contribution is 0.420. The summed E-state index contributed by atoms with van der Waals surface area (Å²) in [5.74, 6) is -0.385. The van der Waals surface area contributed by atoms with Crippen LogP contribution >= 0.6 is 11.8 Å². The summed E-state index contributed by atoms with van der Waals surface area (Å²) >= 11 is 1.22. The minimum absolute atomic E-state index is 0.292. The number of aromatic amines is 1. The van der Waals surface area contributed by atoms with Gasteiger partial charge in [0.25, 0.3) is 5.22 Å². The summed E-state index contributed by atoms with van der Waals surface area (Å²) < 4.78 is 32.2. The van der Waals surface area contributed by atoms with E-state index in [2.05, 4.69) is 15.2 Å². The molecule has 2 heterocycles. The molecule has 1 N–H and O–H groups in total. The number of aromatic nitrogens is 3. The first-order valence-electron chi connectivity index (χ1n) is 7.63. The molecule has 126 valence electrons. The van der Waals surface area contributed by atoms with Crippen LogP contribution in [-0.4, -0.2) is 15.2 Å². The van der Waals surface area contributed by atoms with Crippen LogP contribution in [0, 0.1) is 11.6 Å². The number of halogens is 2. The number of benzene rings is 2. The van der Waals surface area contributed by atoms with E-state index in [4.69, 9.17) is 4.42 Å². The monoisotopic (exact) mass is 357 g/mol. The maximum Gasteiger partial charge on any atom is 0.276 e. The summed E-state index contributed by atoms with van der Waals surface area (Å²) in [6.45, 7) is 0. The molecule has 4 aromatic rings. The summed E-state index contributed by atoms with van der Waals surface area (Å²) in [6.07, 6.45) is 2.44. The molecule has 0 radical (unpaired) electrons. The van der Waals surface area contributed by atoms with E-state index in [1.807, 2.05) is 30.5 Å². The lowest BCUT2D eigenvalue weighted by Crippen LogP contribution is -1.89. The van der Waals surface area contributed by atoms with E-state index in [0.717, 1.165) is 22.5 Å². The molecule has 0 bridgehead atoms. The van der Waals surface area contributed by atoms with Gasteiger partial charge >= 0.3 is 0 Å². The number of nitrogens with zero attached hydrogens (tertiary/aromatic N) is 2. The lowest BCUT2D eigenvalue weighted by atomic mass is 10.1. The van der Waals surface area contributed by atoms with Gasteiger partial charge in [-0.05, 0) is 23.3 Å². The number of fused-ring (bicyclic) bond motifs is 1. The van der Waals surface area contributed by atoms with Crippen LogP contribution < -0.4 is 0 Å². The van der Waals surface area contributed by atoms with Crippen LogP contribution in [0.25, 0.3) is 10.9 Å². The third-order valence-corrected chi connectivity index (χ3v) is 4.70. The zero-order valence-electron chi connectivity index (χ0n) is 13.0. The van der Waals surface area contributed by atoms with Gasteiger partial charge in [-0.2, -0.15) is 0 Å². The number of hydrogen-bond donors (Lipinski definition) is 1. The molecule has 4 nitrogen and oxygen atoms in total. The third kappa shape index (κ3) is 3.41. The highest BCUT2D eigenvalue weighted by Crippen LogP contribution is 2.25. The minimum Gasteiger partial charge on any atom is -0.416 e. The van der Waals surface area contributed by atoms with Crippen LogP contribution in [0.1, 0.15) is 17.0 Å². The SMILES string of the molecule is Fc1ccc(CSc2nnc(Cc3c[nH]c4ccccc34)o2)c(F)c1. The molecule has 4 rings (SSSR count). The van der Waals surface area contributed by atoms with E-state index in [-0.39, 0.29) is 0 Å². The molecule has 7 heteroatoms. The number of thioether (sulfide) groups is 1. The standard InChI is InChI=1S/C18H13F2N3OS/c19-13-6-5-11(15(20)8-13)10-25-18-23-22-17(24-18)7-12-9-21-16-4-2-1-3-14(12)16/h1-6,8-9,21H,7,10H2. The minimum atomic E-state index is -0.593. The fourth-order valence-corrected chi connectivity index (χ4v) is 3.35. The van der Waals surface area contributed by atoms with Gasteiger partial charge in [0.15, 0.2) is 0 Å². The maximum atomic E-state index is 13.6. The van der Waals surface area contributed by atoms with E-state index < -0.39 is 11.6 Å². The highest BCUT2D eigenvalue weighted by Gasteiger charge is 2.12. The molecule has 25 heavy (non-hydrogen) atoms. The summed E-state index contributed by atoms with van der Waals surface area (Å²) in [7, 11) is 0. The molecular weight excluding hydrogens is 344 g/mol. The zero-order chi connectivity index (χ0) is 17.2. The molecule has 0 saturated carbocycles. The largest absolute Gasteiger partial charge is 0.416 e. The van der Waals surface area contributed by atoms with Gasteiger partial charge in [0.2, 0.25) is 5.89 Å². The Morgan fingerprint density at radius 2 is 1.92 bits per heavy atom. The van der Waals surface area contributed by atoms with Crippen molar-refractivity contribution in [1.29, 1.82) is 0 Å². The second-order valence-electron chi connectivity index (χ2n) is 5.52. The zero-order valence-corrected chi connectivity index (χ0v) is 13.8. The number of para-hydroxylation sites is 1. The van der Waals surface area contributed by atoms with Crippen molar-refractivity contribution in [3.05, 3.63) is 77.3 Å². The Morgan fingerprint density at radius 3 is 2.80 bits per heavy atom. The van der Waals surface area contributed by atoms with Gasteiger partial charge < -0.3 is 9.40 Å². The molecular formula is C18H13F2N3OS. The average Bonchev–Trinajstić information content (AvgIpc) is 3.22. The Kier molecular flexibility index (Phi) is 4.23. The smallest absolute Gasteiger partial charge is 0.276 e. The Bertz CT molecular complexity index is 1030. The molecule has 0 aliphatic heterocycles. The molecule has 0 amide bonds. The van der Waals surface area contributed by atoms with Crippen molar-refractivity contribution in [2.24, 2.45) is 0 Å². The summed E-state index contributed by atoms with van der Waals surface area (Å²) in [5, 5.41) is 9.49. The van der Waals surface area contributed by atoms with Crippen molar-refractivity contribution in [2.45, 2.75) is 17.4 Å². The first-order valence-corrected chi connectivity index (χ1v) is 8.62. The third-order valence-electron chi connectivity index (χ3n) is 3.83. The van der Waals surface area contributed by atoms with Crippen molar-refractivity contribution >= 4 is 22.7 Å². The summed E-state index contributed by atoms with van der Waals surface area (Å²) in [6, 6.07) is 11.5.